The lowest BCUT2D eigenvalue weighted by Crippen LogP contribution is -2.30. The molecular weight excluding hydrogens is 386 g/mol. The van der Waals surface area contributed by atoms with E-state index in [1.54, 1.807) is 17.7 Å². The fourth-order valence-electron chi connectivity index (χ4n) is 3.49. The summed E-state index contributed by atoms with van der Waals surface area (Å²) in [5.41, 5.74) is 1.53. The summed E-state index contributed by atoms with van der Waals surface area (Å²) < 4.78 is 6.87. The van der Waals surface area contributed by atoms with Crippen LogP contribution < -0.4 is 10.3 Å². The van der Waals surface area contributed by atoms with Crippen LogP contribution in [0.5, 0.6) is 5.75 Å². The van der Waals surface area contributed by atoms with E-state index in [0.29, 0.717) is 22.6 Å². The van der Waals surface area contributed by atoms with Crippen molar-refractivity contribution in [1.82, 2.24) is 14.5 Å². The third kappa shape index (κ3) is 4.29. The van der Waals surface area contributed by atoms with Crippen LogP contribution in [0.25, 0.3) is 10.9 Å². The topological polar surface area (TPSA) is 64.4 Å². The molecule has 150 valence electrons. The molecule has 1 aliphatic heterocycles. The summed E-state index contributed by atoms with van der Waals surface area (Å²) in [6, 6.07) is 14.9. The van der Waals surface area contributed by atoms with E-state index >= 15 is 0 Å². The van der Waals surface area contributed by atoms with E-state index in [0.717, 1.165) is 37.2 Å². The number of nitrogens with zero attached hydrogens (tertiary/aromatic N) is 3. The fraction of sp³-hybridized carbons (Fsp3) is 0.318. The third-order valence-corrected chi connectivity index (χ3v) is 6.07. The minimum atomic E-state index is -0.0949. The van der Waals surface area contributed by atoms with Crippen molar-refractivity contribution in [1.29, 1.82) is 0 Å². The minimum Gasteiger partial charge on any atom is -0.497 e. The zero-order chi connectivity index (χ0) is 20.2. The molecule has 2 aromatic carbocycles. The second-order valence-corrected chi connectivity index (χ2v) is 7.97. The lowest BCUT2D eigenvalue weighted by Gasteiger charge is -2.16. The molecule has 0 unspecified atom stereocenters. The average Bonchev–Trinajstić information content (AvgIpc) is 3.30. The van der Waals surface area contributed by atoms with Crippen molar-refractivity contribution in [2.45, 2.75) is 24.5 Å². The fourth-order valence-corrected chi connectivity index (χ4v) is 4.40. The molecule has 0 bridgehead atoms. The van der Waals surface area contributed by atoms with Gasteiger partial charge in [0.15, 0.2) is 5.16 Å². The molecular formula is C22H23N3O3S. The predicted octanol–water partition coefficient (Wildman–Crippen LogP) is 3.17. The van der Waals surface area contributed by atoms with Gasteiger partial charge in [0.25, 0.3) is 5.56 Å². The highest BCUT2D eigenvalue weighted by Crippen LogP contribution is 2.21. The summed E-state index contributed by atoms with van der Waals surface area (Å²) in [6.07, 6.45) is 2.12. The molecule has 1 aliphatic rings. The second-order valence-electron chi connectivity index (χ2n) is 7.03. The van der Waals surface area contributed by atoms with Gasteiger partial charge in [-0.2, -0.15) is 0 Å². The number of carbonyl (C=O) groups excluding carboxylic acids is 1. The number of para-hydroxylation sites is 1. The van der Waals surface area contributed by atoms with E-state index in [1.807, 2.05) is 47.4 Å². The van der Waals surface area contributed by atoms with Crippen LogP contribution in [0.3, 0.4) is 0 Å². The number of ether oxygens (including phenoxy) is 1. The number of fused-ring (bicyclic) bond motifs is 1. The Morgan fingerprint density at radius 1 is 1.10 bits per heavy atom. The van der Waals surface area contributed by atoms with Gasteiger partial charge in [0.1, 0.15) is 5.75 Å². The molecule has 29 heavy (non-hydrogen) atoms. The van der Waals surface area contributed by atoms with Crippen molar-refractivity contribution in [3.63, 3.8) is 0 Å². The highest BCUT2D eigenvalue weighted by atomic mass is 32.2. The van der Waals surface area contributed by atoms with Crippen LogP contribution in [-0.4, -0.2) is 46.3 Å². The van der Waals surface area contributed by atoms with Gasteiger partial charge in [0, 0.05) is 13.1 Å². The van der Waals surface area contributed by atoms with Gasteiger partial charge < -0.3 is 9.64 Å². The number of likely N-dealkylation sites (tertiary alicyclic amines) is 1. The first-order valence-corrected chi connectivity index (χ1v) is 10.7. The quantitative estimate of drug-likeness (QED) is 0.462. The first-order chi connectivity index (χ1) is 14.2. The van der Waals surface area contributed by atoms with Crippen LogP contribution in [0.1, 0.15) is 18.4 Å². The van der Waals surface area contributed by atoms with E-state index in [4.69, 9.17) is 9.72 Å². The Labute approximate surface area is 173 Å². The molecule has 2 heterocycles. The van der Waals surface area contributed by atoms with E-state index in [9.17, 15) is 9.59 Å². The minimum absolute atomic E-state index is 0.0949. The monoisotopic (exact) mass is 409 g/mol. The number of amides is 1. The summed E-state index contributed by atoms with van der Waals surface area (Å²) >= 11 is 1.33. The Balaban J connectivity index is 1.65. The Morgan fingerprint density at radius 2 is 1.83 bits per heavy atom. The van der Waals surface area contributed by atoms with Gasteiger partial charge in [-0.1, -0.05) is 36.0 Å². The predicted molar refractivity (Wildman–Crippen MR) is 115 cm³/mol. The molecule has 1 fully saturated rings. The molecule has 3 aromatic rings. The molecule has 1 aromatic heterocycles. The first-order valence-electron chi connectivity index (χ1n) is 9.69. The van der Waals surface area contributed by atoms with E-state index in [1.165, 1.54) is 11.8 Å². The van der Waals surface area contributed by atoms with Crippen molar-refractivity contribution in [3.05, 3.63) is 64.4 Å². The molecule has 1 saturated heterocycles. The SMILES string of the molecule is COc1ccc(Cn2c(SCC(=O)N3CCCC3)nc3ccccc3c2=O)cc1. The normalized spacial score (nSPS) is 13.8. The average molecular weight is 410 g/mol. The smallest absolute Gasteiger partial charge is 0.262 e. The molecule has 1 amide bonds. The molecule has 0 aliphatic carbocycles. The van der Waals surface area contributed by atoms with Crippen molar-refractivity contribution >= 4 is 28.6 Å². The number of benzene rings is 2. The number of thioether (sulfide) groups is 1. The van der Waals surface area contributed by atoms with Crippen LogP contribution >= 0.6 is 11.8 Å². The Hall–Kier alpha value is -2.80. The molecule has 0 radical (unpaired) electrons. The van der Waals surface area contributed by atoms with Gasteiger partial charge in [-0.3, -0.25) is 14.2 Å². The van der Waals surface area contributed by atoms with Gasteiger partial charge in [-0.05, 0) is 42.7 Å². The summed E-state index contributed by atoms with van der Waals surface area (Å²) in [7, 11) is 1.62. The number of aromatic nitrogens is 2. The lowest BCUT2D eigenvalue weighted by atomic mass is 10.2. The number of carbonyl (C=O) groups is 1. The van der Waals surface area contributed by atoms with Crippen molar-refractivity contribution in [2.75, 3.05) is 26.0 Å². The van der Waals surface area contributed by atoms with Gasteiger partial charge in [-0.25, -0.2) is 4.98 Å². The second kappa shape index (κ2) is 8.69. The van der Waals surface area contributed by atoms with Crippen molar-refractivity contribution in [3.8, 4) is 5.75 Å². The van der Waals surface area contributed by atoms with Crippen LogP contribution in [0.2, 0.25) is 0 Å². The molecule has 0 spiro atoms. The van der Waals surface area contributed by atoms with Crippen molar-refractivity contribution in [2.24, 2.45) is 0 Å². The summed E-state index contributed by atoms with van der Waals surface area (Å²) in [6.45, 7) is 2.04. The number of hydrogen-bond donors (Lipinski definition) is 0. The summed E-state index contributed by atoms with van der Waals surface area (Å²) in [5.74, 6) is 1.15. The van der Waals surface area contributed by atoms with Gasteiger partial charge in [-0.15, -0.1) is 0 Å². The van der Waals surface area contributed by atoms with Crippen LogP contribution in [0.4, 0.5) is 0 Å². The molecule has 6 nitrogen and oxygen atoms in total. The van der Waals surface area contributed by atoms with Gasteiger partial charge in [0.2, 0.25) is 5.91 Å². The molecule has 0 saturated carbocycles. The zero-order valence-electron chi connectivity index (χ0n) is 16.3. The Morgan fingerprint density at radius 3 is 2.55 bits per heavy atom. The maximum Gasteiger partial charge on any atom is 0.262 e. The third-order valence-electron chi connectivity index (χ3n) is 5.11. The number of methoxy groups -OCH3 is 1. The molecule has 7 heteroatoms. The van der Waals surface area contributed by atoms with Crippen molar-refractivity contribution < 1.29 is 9.53 Å². The largest absolute Gasteiger partial charge is 0.497 e. The molecule has 4 rings (SSSR count). The Bertz CT molecular complexity index is 1070. The van der Waals surface area contributed by atoms with Crippen LogP contribution in [-0.2, 0) is 11.3 Å². The number of rotatable bonds is 6. The number of hydrogen-bond acceptors (Lipinski definition) is 5. The maximum atomic E-state index is 13.2. The Kier molecular flexibility index (Phi) is 5.85. The molecule has 0 N–H and O–H groups in total. The van der Waals surface area contributed by atoms with Gasteiger partial charge >= 0.3 is 0 Å². The maximum absolute atomic E-state index is 13.2. The molecule has 0 atom stereocenters. The highest BCUT2D eigenvalue weighted by Gasteiger charge is 2.19. The lowest BCUT2D eigenvalue weighted by molar-refractivity contribution is -0.127. The standard InChI is InChI=1S/C22H23N3O3S/c1-28-17-10-8-16(9-11-17)14-25-21(27)18-6-2-3-7-19(18)23-22(25)29-15-20(26)24-12-4-5-13-24/h2-3,6-11H,4-5,12-15H2,1H3. The summed E-state index contributed by atoms with van der Waals surface area (Å²) in [4.78, 5) is 32.2. The first kappa shape index (κ1) is 19.5. The van der Waals surface area contributed by atoms with Crippen LogP contribution in [0.15, 0.2) is 58.5 Å². The highest BCUT2D eigenvalue weighted by molar-refractivity contribution is 7.99. The van der Waals surface area contributed by atoms with E-state index < -0.39 is 0 Å². The van der Waals surface area contributed by atoms with Gasteiger partial charge in [0.05, 0.1) is 30.3 Å². The van der Waals surface area contributed by atoms with E-state index in [-0.39, 0.29) is 17.2 Å². The summed E-state index contributed by atoms with van der Waals surface area (Å²) in [5, 5.41) is 1.15. The zero-order valence-corrected chi connectivity index (χ0v) is 17.2. The van der Waals surface area contributed by atoms with E-state index in [2.05, 4.69) is 0 Å². The van der Waals surface area contributed by atoms with Crippen LogP contribution in [0, 0.1) is 0 Å².